The number of nitrogens with zero attached hydrogens (tertiary/aromatic N) is 4. The zero-order valence-corrected chi connectivity index (χ0v) is 19.4. The van der Waals surface area contributed by atoms with Crippen LogP contribution in [0.25, 0.3) is 0 Å². The van der Waals surface area contributed by atoms with Crippen LogP contribution in [0, 0.1) is 6.92 Å². The van der Waals surface area contributed by atoms with Crippen LogP contribution in [0.4, 0.5) is 0 Å². The van der Waals surface area contributed by atoms with Crippen LogP contribution in [0.5, 0.6) is 5.75 Å². The van der Waals surface area contributed by atoms with Gasteiger partial charge in [-0.25, -0.2) is 0 Å². The average Bonchev–Trinajstić information content (AvgIpc) is 3.18. The molecular weight excluding hydrogens is 424 g/mol. The summed E-state index contributed by atoms with van der Waals surface area (Å²) in [6.07, 6.45) is 2.13. The molecule has 2 heterocycles. The Morgan fingerprint density at radius 3 is 2.53 bits per heavy atom. The number of benzene rings is 2. The van der Waals surface area contributed by atoms with Crippen LogP contribution in [0.3, 0.4) is 0 Å². The van der Waals surface area contributed by atoms with Crippen molar-refractivity contribution >= 4 is 17.5 Å². The van der Waals surface area contributed by atoms with Crippen molar-refractivity contribution in [2.24, 2.45) is 0 Å². The van der Waals surface area contributed by atoms with E-state index in [0.717, 1.165) is 56.3 Å². The molecule has 0 radical (unpaired) electrons. The Labute approximate surface area is 194 Å². The third-order valence-corrected chi connectivity index (χ3v) is 6.07. The SMILES string of the molecule is CCn1cc(CN2CCN(C(=O)c3cccc(COc4ccc(Cl)cc4)c3)CC2)c(C)n1. The second-order valence-corrected chi connectivity index (χ2v) is 8.54. The zero-order chi connectivity index (χ0) is 22.5. The van der Waals surface area contributed by atoms with Gasteiger partial charge in [0.1, 0.15) is 12.4 Å². The molecule has 6 nitrogen and oxygen atoms in total. The predicted molar refractivity (Wildman–Crippen MR) is 126 cm³/mol. The van der Waals surface area contributed by atoms with Gasteiger partial charge in [0, 0.05) is 61.6 Å². The first-order valence-electron chi connectivity index (χ1n) is 11.0. The standard InChI is InChI=1S/C25H29ClN4O2/c1-3-30-17-22(19(2)27-30)16-28-11-13-29(14-12-28)25(31)21-6-4-5-20(15-21)18-32-24-9-7-23(26)8-10-24/h4-10,15,17H,3,11-14,16,18H2,1-2H3. The molecule has 0 N–H and O–H groups in total. The van der Waals surface area contributed by atoms with E-state index < -0.39 is 0 Å². The first-order chi connectivity index (χ1) is 15.5. The van der Waals surface area contributed by atoms with Gasteiger partial charge in [-0.3, -0.25) is 14.4 Å². The molecule has 7 heteroatoms. The molecule has 3 aromatic rings. The largest absolute Gasteiger partial charge is 0.489 e. The molecule has 0 unspecified atom stereocenters. The number of carbonyl (C=O) groups is 1. The number of carbonyl (C=O) groups excluding carboxylic acids is 1. The van der Waals surface area contributed by atoms with Gasteiger partial charge in [-0.2, -0.15) is 5.10 Å². The lowest BCUT2D eigenvalue weighted by atomic mass is 10.1. The van der Waals surface area contributed by atoms with Gasteiger partial charge in [0.05, 0.1) is 5.69 Å². The fraction of sp³-hybridized carbons (Fsp3) is 0.360. The molecule has 0 spiro atoms. The normalized spacial score (nSPS) is 14.5. The summed E-state index contributed by atoms with van der Waals surface area (Å²) >= 11 is 5.92. The Morgan fingerprint density at radius 2 is 1.84 bits per heavy atom. The molecule has 4 rings (SSSR count). The molecule has 0 bridgehead atoms. The van der Waals surface area contributed by atoms with Crippen LogP contribution in [-0.4, -0.2) is 51.7 Å². The Kier molecular flexibility index (Phi) is 7.12. The summed E-state index contributed by atoms with van der Waals surface area (Å²) in [6.45, 7) is 9.50. The van der Waals surface area contributed by atoms with Crippen molar-refractivity contribution in [2.45, 2.75) is 33.5 Å². The molecule has 0 aliphatic carbocycles. The predicted octanol–water partition coefficient (Wildman–Crippen LogP) is 4.40. The molecule has 2 aromatic carbocycles. The molecule has 32 heavy (non-hydrogen) atoms. The lowest BCUT2D eigenvalue weighted by molar-refractivity contribution is 0.0628. The highest BCUT2D eigenvalue weighted by Crippen LogP contribution is 2.18. The molecule has 0 atom stereocenters. The molecule has 1 aliphatic rings. The van der Waals surface area contributed by atoms with Gasteiger partial charge in [0.2, 0.25) is 0 Å². The Balaban J connectivity index is 1.31. The summed E-state index contributed by atoms with van der Waals surface area (Å²) in [6, 6.07) is 15.0. The van der Waals surface area contributed by atoms with Crippen LogP contribution < -0.4 is 4.74 Å². The minimum Gasteiger partial charge on any atom is -0.489 e. The minimum atomic E-state index is 0.0768. The number of hydrogen-bond acceptors (Lipinski definition) is 4. The van der Waals surface area contributed by atoms with E-state index in [0.29, 0.717) is 17.2 Å². The van der Waals surface area contributed by atoms with E-state index in [-0.39, 0.29) is 5.91 Å². The number of aryl methyl sites for hydroxylation is 2. The van der Waals surface area contributed by atoms with Crippen LogP contribution in [0.2, 0.25) is 5.02 Å². The van der Waals surface area contributed by atoms with Crippen LogP contribution >= 0.6 is 11.6 Å². The average molecular weight is 453 g/mol. The Hall–Kier alpha value is -2.83. The van der Waals surface area contributed by atoms with Crippen molar-refractivity contribution in [3.8, 4) is 5.75 Å². The monoisotopic (exact) mass is 452 g/mol. The van der Waals surface area contributed by atoms with Crippen LogP contribution in [0.15, 0.2) is 54.7 Å². The lowest BCUT2D eigenvalue weighted by Gasteiger charge is -2.34. The van der Waals surface area contributed by atoms with Crippen molar-refractivity contribution in [1.29, 1.82) is 0 Å². The lowest BCUT2D eigenvalue weighted by Crippen LogP contribution is -2.48. The minimum absolute atomic E-state index is 0.0768. The van der Waals surface area contributed by atoms with Gasteiger partial charge in [-0.15, -0.1) is 0 Å². The van der Waals surface area contributed by atoms with E-state index in [9.17, 15) is 4.79 Å². The van der Waals surface area contributed by atoms with E-state index in [4.69, 9.17) is 16.3 Å². The molecule has 1 fully saturated rings. The fourth-order valence-electron chi connectivity index (χ4n) is 3.90. The fourth-order valence-corrected chi connectivity index (χ4v) is 4.03. The van der Waals surface area contributed by atoms with Crippen molar-refractivity contribution in [3.63, 3.8) is 0 Å². The van der Waals surface area contributed by atoms with Crippen molar-refractivity contribution in [1.82, 2.24) is 19.6 Å². The van der Waals surface area contributed by atoms with Crippen LogP contribution in [0.1, 0.15) is 34.1 Å². The van der Waals surface area contributed by atoms with Crippen LogP contribution in [-0.2, 0) is 19.7 Å². The van der Waals surface area contributed by atoms with Crippen molar-refractivity contribution < 1.29 is 9.53 Å². The van der Waals surface area contributed by atoms with Gasteiger partial charge in [-0.1, -0.05) is 23.7 Å². The van der Waals surface area contributed by atoms with Crippen molar-refractivity contribution in [2.75, 3.05) is 26.2 Å². The van der Waals surface area contributed by atoms with E-state index in [1.807, 2.05) is 46.0 Å². The number of ether oxygens (including phenoxy) is 1. The maximum atomic E-state index is 13.1. The summed E-state index contributed by atoms with van der Waals surface area (Å²) in [5.74, 6) is 0.829. The number of amides is 1. The molecule has 1 aliphatic heterocycles. The number of halogens is 1. The first kappa shape index (κ1) is 22.4. The summed E-state index contributed by atoms with van der Waals surface area (Å²) in [7, 11) is 0. The molecule has 168 valence electrons. The summed E-state index contributed by atoms with van der Waals surface area (Å²) < 4.78 is 7.80. The molecule has 0 saturated carbocycles. The number of piperazine rings is 1. The van der Waals surface area contributed by atoms with Gasteiger partial charge >= 0.3 is 0 Å². The van der Waals surface area contributed by atoms with E-state index in [2.05, 4.69) is 30.0 Å². The number of rotatable bonds is 7. The molecule has 1 saturated heterocycles. The zero-order valence-electron chi connectivity index (χ0n) is 18.6. The maximum Gasteiger partial charge on any atom is 0.253 e. The molecular formula is C25H29ClN4O2. The summed E-state index contributed by atoms with van der Waals surface area (Å²) in [4.78, 5) is 17.4. The highest BCUT2D eigenvalue weighted by molar-refractivity contribution is 6.30. The summed E-state index contributed by atoms with van der Waals surface area (Å²) in [5.41, 5.74) is 4.02. The van der Waals surface area contributed by atoms with Gasteiger partial charge in [0.25, 0.3) is 5.91 Å². The van der Waals surface area contributed by atoms with Crippen molar-refractivity contribution in [3.05, 3.63) is 82.1 Å². The first-order valence-corrected chi connectivity index (χ1v) is 11.4. The second-order valence-electron chi connectivity index (χ2n) is 8.11. The third kappa shape index (κ3) is 5.50. The molecule has 1 aromatic heterocycles. The number of aromatic nitrogens is 2. The van der Waals surface area contributed by atoms with Gasteiger partial charge in [0.15, 0.2) is 0 Å². The van der Waals surface area contributed by atoms with E-state index >= 15 is 0 Å². The quantitative estimate of drug-likeness (QED) is 0.533. The van der Waals surface area contributed by atoms with E-state index in [1.165, 1.54) is 5.56 Å². The third-order valence-electron chi connectivity index (χ3n) is 5.82. The summed E-state index contributed by atoms with van der Waals surface area (Å²) in [5, 5.41) is 5.21. The smallest absolute Gasteiger partial charge is 0.253 e. The van der Waals surface area contributed by atoms with E-state index in [1.54, 1.807) is 12.1 Å². The topological polar surface area (TPSA) is 50.6 Å². The van der Waals surface area contributed by atoms with Gasteiger partial charge < -0.3 is 9.64 Å². The highest BCUT2D eigenvalue weighted by atomic mass is 35.5. The highest BCUT2D eigenvalue weighted by Gasteiger charge is 2.23. The number of hydrogen-bond donors (Lipinski definition) is 0. The molecule has 1 amide bonds. The Morgan fingerprint density at radius 1 is 1.09 bits per heavy atom. The second kappa shape index (κ2) is 10.2. The van der Waals surface area contributed by atoms with Gasteiger partial charge in [-0.05, 0) is 55.8 Å². The maximum absolute atomic E-state index is 13.1. The Bertz CT molecular complexity index is 1060.